The summed E-state index contributed by atoms with van der Waals surface area (Å²) in [6.45, 7) is 1.76. The molecule has 0 amide bonds. The molecule has 1 aromatic carbocycles. The second-order valence-corrected chi connectivity index (χ2v) is 3.32. The van der Waals surface area contributed by atoms with Crippen molar-refractivity contribution in [1.82, 2.24) is 14.3 Å². The van der Waals surface area contributed by atoms with Crippen molar-refractivity contribution in [3.8, 4) is 11.4 Å². The molecule has 1 N–H and O–H groups in total. The first-order valence-electron chi connectivity index (χ1n) is 4.51. The normalized spacial score (nSPS) is 10.5. The predicted octanol–water partition coefficient (Wildman–Crippen LogP) is 0.585. The van der Waals surface area contributed by atoms with E-state index in [-0.39, 0.29) is 11.4 Å². The van der Waals surface area contributed by atoms with Crippen molar-refractivity contribution in [3.05, 3.63) is 40.6 Å². The SMILES string of the molecule is Cc1nn(-c2ccc(O)cc2)c(=O)n1C. The predicted molar refractivity (Wildman–Crippen MR) is 55.2 cm³/mol. The summed E-state index contributed by atoms with van der Waals surface area (Å²) in [6.07, 6.45) is 0. The zero-order valence-electron chi connectivity index (χ0n) is 8.51. The van der Waals surface area contributed by atoms with Crippen LogP contribution in [-0.4, -0.2) is 19.5 Å². The van der Waals surface area contributed by atoms with Crippen molar-refractivity contribution in [2.75, 3.05) is 0 Å². The van der Waals surface area contributed by atoms with E-state index < -0.39 is 0 Å². The van der Waals surface area contributed by atoms with Gasteiger partial charge in [0.15, 0.2) is 0 Å². The fraction of sp³-hybridized carbons (Fsp3) is 0.200. The van der Waals surface area contributed by atoms with Crippen LogP contribution in [-0.2, 0) is 7.05 Å². The lowest BCUT2D eigenvalue weighted by Gasteiger charge is -1.98. The third-order valence-corrected chi connectivity index (χ3v) is 2.29. The first-order valence-corrected chi connectivity index (χ1v) is 4.51. The molecule has 0 radical (unpaired) electrons. The fourth-order valence-electron chi connectivity index (χ4n) is 1.30. The highest BCUT2D eigenvalue weighted by atomic mass is 16.3. The molecular weight excluding hydrogens is 194 g/mol. The van der Waals surface area contributed by atoms with E-state index in [4.69, 9.17) is 5.11 Å². The molecule has 78 valence electrons. The van der Waals surface area contributed by atoms with Gasteiger partial charge in [-0.1, -0.05) is 0 Å². The van der Waals surface area contributed by atoms with Gasteiger partial charge in [0, 0.05) is 7.05 Å². The summed E-state index contributed by atoms with van der Waals surface area (Å²) >= 11 is 0. The number of aromatic nitrogens is 3. The van der Waals surface area contributed by atoms with E-state index in [2.05, 4.69) is 5.10 Å². The average molecular weight is 205 g/mol. The minimum atomic E-state index is -0.196. The number of phenolic OH excluding ortho intramolecular Hbond substituents is 1. The number of hydrogen-bond acceptors (Lipinski definition) is 3. The summed E-state index contributed by atoms with van der Waals surface area (Å²) in [5, 5.41) is 13.2. The Morgan fingerprint density at radius 3 is 2.33 bits per heavy atom. The maximum absolute atomic E-state index is 11.7. The third-order valence-electron chi connectivity index (χ3n) is 2.29. The molecule has 5 nitrogen and oxygen atoms in total. The van der Waals surface area contributed by atoms with Gasteiger partial charge in [-0.05, 0) is 31.2 Å². The van der Waals surface area contributed by atoms with Gasteiger partial charge in [-0.2, -0.15) is 9.78 Å². The Hall–Kier alpha value is -2.04. The minimum Gasteiger partial charge on any atom is -0.508 e. The van der Waals surface area contributed by atoms with Gasteiger partial charge in [-0.25, -0.2) is 4.79 Å². The van der Waals surface area contributed by atoms with Crippen molar-refractivity contribution in [1.29, 1.82) is 0 Å². The van der Waals surface area contributed by atoms with Crippen molar-refractivity contribution < 1.29 is 5.11 Å². The van der Waals surface area contributed by atoms with Crippen molar-refractivity contribution >= 4 is 0 Å². The number of aromatic hydroxyl groups is 1. The van der Waals surface area contributed by atoms with E-state index in [1.165, 1.54) is 21.4 Å². The Labute approximate surface area is 86.2 Å². The van der Waals surface area contributed by atoms with Crippen molar-refractivity contribution in [3.63, 3.8) is 0 Å². The summed E-state index contributed by atoms with van der Waals surface area (Å²) in [5.74, 6) is 0.813. The molecule has 2 rings (SSSR count). The monoisotopic (exact) mass is 205 g/mol. The van der Waals surface area contributed by atoms with E-state index in [9.17, 15) is 4.79 Å². The van der Waals surface area contributed by atoms with Gasteiger partial charge in [0.1, 0.15) is 11.6 Å². The molecule has 1 heterocycles. The zero-order chi connectivity index (χ0) is 11.0. The van der Waals surface area contributed by atoms with Crippen LogP contribution < -0.4 is 5.69 Å². The van der Waals surface area contributed by atoms with Gasteiger partial charge in [-0.3, -0.25) is 4.57 Å². The number of rotatable bonds is 1. The smallest absolute Gasteiger partial charge is 0.350 e. The lowest BCUT2D eigenvalue weighted by atomic mass is 10.3. The van der Waals surface area contributed by atoms with E-state index in [1.54, 1.807) is 26.1 Å². The van der Waals surface area contributed by atoms with Gasteiger partial charge in [0.2, 0.25) is 0 Å². The quantitative estimate of drug-likeness (QED) is 0.741. The van der Waals surface area contributed by atoms with Gasteiger partial charge >= 0.3 is 5.69 Å². The lowest BCUT2D eigenvalue weighted by molar-refractivity contribution is 0.475. The first kappa shape index (κ1) is 9.51. The summed E-state index contributed by atoms with van der Waals surface area (Å²) in [4.78, 5) is 11.7. The second kappa shape index (κ2) is 3.27. The van der Waals surface area contributed by atoms with Crippen LogP contribution in [0.2, 0.25) is 0 Å². The maximum atomic E-state index is 11.7. The summed E-state index contributed by atoms with van der Waals surface area (Å²) < 4.78 is 2.77. The van der Waals surface area contributed by atoms with Gasteiger partial charge in [0.05, 0.1) is 5.69 Å². The molecule has 1 aromatic heterocycles. The third kappa shape index (κ3) is 1.52. The molecule has 0 spiro atoms. The first-order chi connectivity index (χ1) is 7.09. The number of nitrogens with zero attached hydrogens (tertiary/aromatic N) is 3. The second-order valence-electron chi connectivity index (χ2n) is 3.32. The summed E-state index contributed by atoms with van der Waals surface area (Å²) in [6, 6.07) is 6.32. The molecule has 0 fully saturated rings. The van der Waals surface area contributed by atoms with E-state index >= 15 is 0 Å². The van der Waals surface area contributed by atoms with E-state index in [1.807, 2.05) is 0 Å². The minimum absolute atomic E-state index is 0.166. The van der Waals surface area contributed by atoms with Crippen LogP contribution in [0.1, 0.15) is 5.82 Å². The van der Waals surface area contributed by atoms with Crippen LogP contribution in [0.4, 0.5) is 0 Å². The van der Waals surface area contributed by atoms with Gasteiger partial charge < -0.3 is 5.11 Å². The Morgan fingerprint density at radius 2 is 1.87 bits per heavy atom. The molecule has 5 heteroatoms. The Morgan fingerprint density at radius 1 is 1.27 bits per heavy atom. The van der Waals surface area contributed by atoms with Crippen LogP contribution in [0.15, 0.2) is 29.1 Å². The summed E-state index contributed by atoms with van der Waals surface area (Å²) in [7, 11) is 1.67. The molecule has 0 aliphatic heterocycles. The number of benzene rings is 1. The van der Waals surface area contributed by atoms with Crippen LogP contribution >= 0.6 is 0 Å². The molecule has 0 unspecified atom stereocenters. The molecular formula is C10H11N3O2. The van der Waals surface area contributed by atoms with E-state index in [0.717, 1.165) is 0 Å². The standard InChI is InChI=1S/C10H11N3O2/c1-7-11-13(10(15)12(7)2)8-3-5-9(14)6-4-8/h3-6,14H,1-2H3. The van der Waals surface area contributed by atoms with Crippen LogP contribution in [0.25, 0.3) is 5.69 Å². The van der Waals surface area contributed by atoms with Gasteiger partial charge in [0.25, 0.3) is 0 Å². The molecule has 0 atom stereocenters. The summed E-state index contributed by atoms with van der Waals surface area (Å²) in [5.41, 5.74) is 0.444. The number of aryl methyl sites for hydroxylation is 1. The zero-order valence-corrected chi connectivity index (χ0v) is 8.51. The largest absolute Gasteiger partial charge is 0.508 e. The highest BCUT2D eigenvalue weighted by Crippen LogP contribution is 2.11. The molecule has 0 aliphatic rings. The highest BCUT2D eigenvalue weighted by molar-refractivity contribution is 5.35. The molecule has 0 saturated carbocycles. The highest BCUT2D eigenvalue weighted by Gasteiger charge is 2.07. The molecule has 15 heavy (non-hydrogen) atoms. The molecule has 0 saturated heterocycles. The maximum Gasteiger partial charge on any atom is 0.350 e. The van der Waals surface area contributed by atoms with Crippen molar-refractivity contribution in [2.24, 2.45) is 7.05 Å². The van der Waals surface area contributed by atoms with Crippen molar-refractivity contribution in [2.45, 2.75) is 6.92 Å². The Bertz CT molecular complexity index is 537. The number of phenols is 1. The average Bonchev–Trinajstić information content (AvgIpc) is 2.47. The molecule has 0 bridgehead atoms. The fourth-order valence-corrected chi connectivity index (χ4v) is 1.30. The Kier molecular flexibility index (Phi) is 2.07. The van der Waals surface area contributed by atoms with E-state index in [0.29, 0.717) is 11.5 Å². The van der Waals surface area contributed by atoms with Gasteiger partial charge in [-0.15, -0.1) is 0 Å². The topological polar surface area (TPSA) is 60.0 Å². The number of hydrogen-bond donors (Lipinski definition) is 1. The molecule has 2 aromatic rings. The Balaban J connectivity index is 2.59. The van der Waals surface area contributed by atoms with Crippen LogP contribution in [0.3, 0.4) is 0 Å². The van der Waals surface area contributed by atoms with Crippen LogP contribution in [0, 0.1) is 6.92 Å². The lowest BCUT2D eigenvalue weighted by Crippen LogP contribution is -2.21. The van der Waals surface area contributed by atoms with Crippen LogP contribution in [0.5, 0.6) is 5.75 Å². The molecule has 0 aliphatic carbocycles.